The van der Waals surface area contributed by atoms with E-state index in [1.54, 1.807) is 4.90 Å². The number of hydrogen-bond donors (Lipinski definition) is 1. The minimum absolute atomic E-state index is 0.768. The van der Waals surface area contributed by atoms with Gasteiger partial charge in [-0.2, -0.15) is 0 Å². The van der Waals surface area contributed by atoms with Gasteiger partial charge in [0.1, 0.15) is 0 Å². The molecule has 3 aliphatic heterocycles. The molecule has 1 nitrogen and oxygen atoms in total. The smallest absolute Gasteiger partial charge is 0.0904 e. The first kappa shape index (κ1) is 8.25. The minimum Gasteiger partial charge on any atom is -0.308 e. The van der Waals surface area contributed by atoms with Crippen molar-refractivity contribution in [2.45, 2.75) is 12.3 Å². The Hall–Kier alpha value is -1.08. The fraction of sp³-hybridized carbons (Fsp3) is 0.385. The van der Waals surface area contributed by atoms with E-state index in [1.807, 2.05) is 0 Å². The summed E-state index contributed by atoms with van der Waals surface area (Å²) in [6, 6.07) is 11.0. The van der Waals surface area contributed by atoms with Crippen LogP contribution in [0.5, 0.6) is 0 Å². The monoisotopic (exact) mass is 186 g/mol. The molecule has 0 amide bonds. The molecule has 1 N–H and O–H groups in total. The average Bonchev–Trinajstić information content (AvgIpc) is 2.32. The van der Waals surface area contributed by atoms with E-state index in [-0.39, 0.29) is 0 Å². The maximum absolute atomic E-state index is 2.42. The zero-order chi connectivity index (χ0) is 9.38. The van der Waals surface area contributed by atoms with Gasteiger partial charge in [0.05, 0.1) is 19.3 Å². The number of fused-ring (bicyclic) bond motifs is 2. The summed E-state index contributed by atoms with van der Waals surface area (Å²) in [4.78, 5) is 1.65. The summed E-state index contributed by atoms with van der Waals surface area (Å²) in [6.45, 7) is 2.63. The van der Waals surface area contributed by atoms with Crippen LogP contribution in [0, 0.1) is 5.92 Å². The second-order valence-electron chi connectivity index (χ2n) is 4.44. The van der Waals surface area contributed by atoms with Crippen molar-refractivity contribution in [3.8, 4) is 0 Å². The van der Waals surface area contributed by atoms with Gasteiger partial charge >= 0.3 is 0 Å². The van der Waals surface area contributed by atoms with Crippen LogP contribution in [0.2, 0.25) is 0 Å². The van der Waals surface area contributed by atoms with Crippen LogP contribution >= 0.6 is 0 Å². The lowest BCUT2D eigenvalue weighted by Gasteiger charge is -2.37. The third-order valence-corrected chi connectivity index (χ3v) is 3.60. The van der Waals surface area contributed by atoms with Crippen LogP contribution in [-0.2, 0) is 0 Å². The van der Waals surface area contributed by atoms with Crippen LogP contribution in [0.25, 0.3) is 0 Å². The lowest BCUT2D eigenvalue weighted by Crippen LogP contribution is -3.10. The predicted molar refractivity (Wildman–Crippen MR) is 57.1 cm³/mol. The molecule has 2 bridgehead atoms. The van der Waals surface area contributed by atoms with Crippen LogP contribution in [0.15, 0.2) is 42.6 Å². The van der Waals surface area contributed by atoms with Gasteiger partial charge < -0.3 is 4.90 Å². The number of hydrogen-bond acceptors (Lipinski definition) is 0. The first-order valence-corrected chi connectivity index (χ1v) is 5.51. The number of nitrogens with one attached hydrogen (secondary N) is 1. The summed E-state index contributed by atoms with van der Waals surface area (Å²) in [5, 5.41) is 0. The van der Waals surface area contributed by atoms with Crippen LogP contribution in [0.3, 0.4) is 0 Å². The number of allylic oxidation sites excluding steroid dienone is 1. The van der Waals surface area contributed by atoms with Crippen LogP contribution < -0.4 is 4.90 Å². The first-order valence-electron chi connectivity index (χ1n) is 5.51. The van der Waals surface area contributed by atoms with Gasteiger partial charge in [0, 0.05) is 12.3 Å². The minimum atomic E-state index is 0.768. The van der Waals surface area contributed by atoms with E-state index >= 15 is 0 Å². The molecule has 1 heteroatoms. The van der Waals surface area contributed by atoms with Crippen molar-refractivity contribution >= 4 is 0 Å². The van der Waals surface area contributed by atoms with Crippen molar-refractivity contribution in [2.24, 2.45) is 5.92 Å². The summed E-state index contributed by atoms with van der Waals surface area (Å²) in [5.74, 6) is 1.57. The van der Waals surface area contributed by atoms with Gasteiger partial charge in [0.2, 0.25) is 0 Å². The quantitative estimate of drug-likeness (QED) is 0.672. The van der Waals surface area contributed by atoms with Crippen molar-refractivity contribution in [2.75, 3.05) is 13.1 Å². The predicted octanol–water partition coefficient (Wildman–Crippen LogP) is 1.20. The molecule has 1 saturated heterocycles. The Labute approximate surface area is 85.0 Å². The standard InChI is InChI=1S/C13H15N/c1-2-4-11(5-3-1)13-10-14-8-6-12(13)7-9-14/h1-6,8,12-13H,7,9-10H2/p+1/t12-,13+/m1/s1. The first-order chi connectivity index (χ1) is 6.93. The van der Waals surface area contributed by atoms with E-state index in [9.17, 15) is 0 Å². The SMILES string of the molecule is C1=C[NH+]2CC[C@@H]1[C@H](c1ccccc1)C2. The van der Waals surface area contributed by atoms with E-state index in [2.05, 4.69) is 42.6 Å². The van der Waals surface area contributed by atoms with E-state index in [1.165, 1.54) is 25.1 Å². The Bertz CT molecular complexity index is 342. The molecule has 0 aliphatic carbocycles. The molecular formula is C13H16N+. The number of rotatable bonds is 1. The molecule has 1 aromatic rings. The summed E-state index contributed by atoms with van der Waals surface area (Å²) in [6.07, 6.45) is 6.14. The molecule has 0 radical (unpaired) electrons. The van der Waals surface area contributed by atoms with Gasteiger partial charge in [0.25, 0.3) is 0 Å². The molecule has 14 heavy (non-hydrogen) atoms. The maximum atomic E-state index is 2.42. The molecule has 1 fully saturated rings. The summed E-state index contributed by atoms with van der Waals surface area (Å²) >= 11 is 0. The zero-order valence-electron chi connectivity index (χ0n) is 8.32. The third kappa shape index (κ3) is 1.28. The van der Waals surface area contributed by atoms with Crippen LogP contribution in [-0.4, -0.2) is 13.1 Å². The third-order valence-electron chi connectivity index (χ3n) is 3.60. The van der Waals surface area contributed by atoms with Crippen molar-refractivity contribution in [1.82, 2.24) is 0 Å². The van der Waals surface area contributed by atoms with Gasteiger partial charge in [-0.25, -0.2) is 0 Å². The van der Waals surface area contributed by atoms with Gasteiger partial charge in [-0.1, -0.05) is 30.3 Å². The molecule has 1 unspecified atom stereocenters. The molecule has 72 valence electrons. The van der Waals surface area contributed by atoms with Crippen molar-refractivity contribution in [3.05, 3.63) is 48.2 Å². The topological polar surface area (TPSA) is 4.44 Å². The molecule has 0 aromatic heterocycles. The Morgan fingerprint density at radius 2 is 2.00 bits per heavy atom. The fourth-order valence-corrected chi connectivity index (χ4v) is 2.80. The highest BCUT2D eigenvalue weighted by molar-refractivity contribution is 5.22. The van der Waals surface area contributed by atoms with Crippen LogP contribution in [0.1, 0.15) is 17.9 Å². The highest BCUT2D eigenvalue weighted by Crippen LogP contribution is 2.30. The normalized spacial score (nSPS) is 34.7. The molecular weight excluding hydrogens is 170 g/mol. The number of benzene rings is 1. The lowest BCUT2D eigenvalue weighted by molar-refractivity contribution is -0.860. The van der Waals surface area contributed by atoms with Gasteiger partial charge in [0.15, 0.2) is 0 Å². The number of quaternary nitrogens is 1. The molecule has 0 saturated carbocycles. The highest BCUT2D eigenvalue weighted by Gasteiger charge is 2.34. The highest BCUT2D eigenvalue weighted by atomic mass is 15.1. The molecule has 3 atom stereocenters. The Kier molecular flexibility index (Phi) is 1.91. The molecule has 3 heterocycles. The van der Waals surface area contributed by atoms with Crippen LogP contribution in [0.4, 0.5) is 0 Å². The van der Waals surface area contributed by atoms with E-state index in [4.69, 9.17) is 0 Å². The van der Waals surface area contributed by atoms with Crippen molar-refractivity contribution in [1.29, 1.82) is 0 Å². The van der Waals surface area contributed by atoms with Gasteiger partial charge in [-0.05, 0) is 17.6 Å². The molecule has 1 aromatic carbocycles. The second-order valence-corrected chi connectivity index (χ2v) is 4.44. The molecule has 0 spiro atoms. The second kappa shape index (κ2) is 3.25. The van der Waals surface area contributed by atoms with E-state index < -0.39 is 0 Å². The zero-order valence-corrected chi connectivity index (χ0v) is 8.32. The molecule has 4 rings (SSSR count). The summed E-state index contributed by atoms with van der Waals surface area (Å²) in [7, 11) is 0. The van der Waals surface area contributed by atoms with Crippen molar-refractivity contribution < 1.29 is 4.90 Å². The van der Waals surface area contributed by atoms with Crippen molar-refractivity contribution in [3.63, 3.8) is 0 Å². The van der Waals surface area contributed by atoms with Gasteiger partial charge in [-0.3, -0.25) is 0 Å². The van der Waals surface area contributed by atoms with E-state index in [0.29, 0.717) is 0 Å². The van der Waals surface area contributed by atoms with E-state index in [0.717, 1.165) is 11.8 Å². The summed E-state index contributed by atoms with van der Waals surface area (Å²) in [5.41, 5.74) is 1.53. The summed E-state index contributed by atoms with van der Waals surface area (Å²) < 4.78 is 0. The average molecular weight is 186 g/mol. The Morgan fingerprint density at radius 3 is 2.57 bits per heavy atom. The Balaban J connectivity index is 1.91. The Morgan fingerprint density at radius 1 is 1.14 bits per heavy atom. The van der Waals surface area contributed by atoms with Gasteiger partial charge in [-0.15, -0.1) is 0 Å². The molecule has 3 aliphatic rings. The number of piperidine rings is 1. The maximum Gasteiger partial charge on any atom is 0.0904 e. The lowest BCUT2D eigenvalue weighted by atomic mass is 9.79. The fourth-order valence-electron chi connectivity index (χ4n) is 2.80. The largest absolute Gasteiger partial charge is 0.308 e.